The molecule has 0 aromatic carbocycles. The molecule has 0 spiro atoms. The smallest absolute Gasteiger partial charge is 0.225 e. The zero-order chi connectivity index (χ0) is 15.6. The maximum atomic E-state index is 12.9. The highest BCUT2D eigenvalue weighted by molar-refractivity contribution is 5.79. The highest BCUT2D eigenvalue weighted by Crippen LogP contribution is 2.37. The number of rotatable bonds is 2. The average molecular weight is 314 g/mol. The first-order chi connectivity index (χ1) is 11.3. The van der Waals surface area contributed by atoms with E-state index in [1.807, 2.05) is 6.07 Å². The Bertz CT molecular complexity index is 527. The predicted octanol–water partition coefficient (Wildman–Crippen LogP) is 2.34. The standard InChI is InChI=1S/C18H26N4O/c23-18(22-11-15-3-1-2-4-16(15)12-22)14-6-9-21(10-7-14)17-5-8-19-13-20-17/h5,8,13-16H,1-4,6-7,9-12H2. The lowest BCUT2D eigenvalue weighted by atomic mass is 9.82. The van der Waals surface area contributed by atoms with E-state index in [1.165, 1.54) is 25.7 Å². The summed E-state index contributed by atoms with van der Waals surface area (Å²) in [4.78, 5) is 25.6. The summed E-state index contributed by atoms with van der Waals surface area (Å²) in [5, 5.41) is 0. The molecule has 3 heterocycles. The van der Waals surface area contributed by atoms with E-state index >= 15 is 0 Å². The van der Waals surface area contributed by atoms with Gasteiger partial charge in [0.2, 0.25) is 5.91 Å². The maximum absolute atomic E-state index is 12.9. The molecule has 2 saturated heterocycles. The van der Waals surface area contributed by atoms with Crippen molar-refractivity contribution in [2.75, 3.05) is 31.1 Å². The number of hydrogen-bond donors (Lipinski definition) is 0. The third kappa shape index (κ3) is 3.06. The molecule has 124 valence electrons. The van der Waals surface area contributed by atoms with Crippen LogP contribution in [0.5, 0.6) is 0 Å². The monoisotopic (exact) mass is 314 g/mol. The molecule has 2 atom stereocenters. The Hall–Kier alpha value is -1.65. The SMILES string of the molecule is O=C(C1CCN(c2ccncn2)CC1)N1CC2CCCCC2C1. The van der Waals surface area contributed by atoms with Crippen LogP contribution in [0.3, 0.4) is 0 Å². The molecule has 4 rings (SSSR count). The van der Waals surface area contributed by atoms with Crippen molar-refractivity contribution in [1.82, 2.24) is 14.9 Å². The maximum Gasteiger partial charge on any atom is 0.225 e. The number of anilines is 1. The van der Waals surface area contributed by atoms with E-state index < -0.39 is 0 Å². The van der Waals surface area contributed by atoms with Crippen LogP contribution in [0.2, 0.25) is 0 Å². The van der Waals surface area contributed by atoms with Gasteiger partial charge in [-0.25, -0.2) is 9.97 Å². The fourth-order valence-corrected chi connectivity index (χ4v) is 4.67. The summed E-state index contributed by atoms with van der Waals surface area (Å²) >= 11 is 0. The van der Waals surface area contributed by atoms with Gasteiger partial charge in [0.15, 0.2) is 0 Å². The number of amides is 1. The first kappa shape index (κ1) is 14.9. The van der Waals surface area contributed by atoms with Crippen molar-refractivity contribution in [3.63, 3.8) is 0 Å². The lowest BCUT2D eigenvalue weighted by Crippen LogP contribution is -2.42. The van der Waals surface area contributed by atoms with E-state index in [0.717, 1.165) is 56.7 Å². The number of hydrogen-bond acceptors (Lipinski definition) is 4. The van der Waals surface area contributed by atoms with Crippen LogP contribution in [0, 0.1) is 17.8 Å². The predicted molar refractivity (Wildman–Crippen MR) is 89.0 cm³/mol. The average Bonchev–Trinajstić information content (AvgIpc) is 3.06. The Balaban J connectivity index is 1.33. The minimum atomic E-state index is 0.216. The van der Waals surface area contributed by atoms with Gasteiger partial charge in [-0.05, 0) is 43.6 Å². The molecule has 3 fully saturated rings. The van der Waals surface area contributed by atoms with E-state index in [2.05, 4.69) is 19.8 Å². The van der Waals surface area contributed by atoms with Gasteiger partial charge in [0.05, 0.1) is 0 Å². The van der Waals surface area contributed by atoms with Gasteiger partial charge in [-0.3, -0.25) is 4.79 Å². The van der Waals surface area contributed by atoms with E-state index in [0.29, 0.717) is 5.91 Å². The summed E-state index contributed by atoms with van der Waals surface area (Å²) in [7, 11) is 0. The Morgan fingerprint density at radius 2 is 1.74 bits per heavy atom. The van der Waals surface area contributed by atoms with Crippen LogP contribution in [0.1, 0.15) is 38.5 Å². The highest BCUT2D eigenvalue weighted by atomic mass is 16.2. The molecule has 5 nitrogen and oxygen atoms in total. The second kappa shape index (κ2) is 6.46. The molecule has 2 aliphatic heterocycles. The number of likely N-dealkylation sites (tertiary alicyclic amines) is 1. The molecule has 1 aromatic heterocycles. The molecule has 1 saturated carbocycles. The van der Waals surface area contributed by atoms with Crippen molar-refractivity contribution in [2.24, 2.45) is 17.8 Å². The second-order valence-electron chi connectivity index (χ2n) is 7.38. The van der Waals surface area contributed by atoms with Gasteiger partial charge in [0.25, 0.3) is 0 Å². The van der Waals surface area contributed by atoms with E-state index in [4.69, 9.17) is 0 Å². The van der Waals surface area contributed by atoms with Gasteiger partial charge in [-0.2, -0.15) is 0 Å². The lowest BCUT2D eigenvalue weighted by molar-refractivity contribution is -0.135. The summed E-state index contributed by atoms with van der Waals surface area (Å²) in [5.74, 6) is 3.19. The quantitative estimate of drug-likeness (QED) is 0.841. The number of carbonyl (C=O) groups is 1. The van der Waals surface area contributed by atoms with Gasteiger partial charge in [-0.1, -0.05) is 12.8 Å². The number of carbonyl (C=O) groups excluding carboxylic acids is 1. The number of fused-ring (bicyclic) bond motifs is 1. The largest absolute Gasteiger partial charge is 0.356 e. The first-order valence-corrected chi connectivity index (χ1v) is 9.11. The van der Waals surface area contributed by atoms with E-state index in [9.17, 15) is 4.79 Å². The Morgan fingerprint density at radius 3 is 2.35 bits per heavy atom. The Kier molecular flexibility index (Phi) is 4.19. The molecule has 0 radical (unpaired) electrons. The van der Waals surface area contributed by atoms with Crippen molar-refractivity contribution >= 4 is 11.7 Å². The van der Waals surface area contributed by atoms with Gasteiger partial charge < -0.3 is 9.80 Å². The molecule has 23 heavy (non-hydrogen) atoms. The topological polar surface area (TPSA) is 49.3 Å². The minimum absolute atomic E-state index is 0.216. The van der Waals surface area contributed by atoms with Crippen molar-refractivity contribution in [2.45, 2.75) is 38.5 Å². The van der Waals surface area contributed by atoms with Crippen LogP contribution in [0.4, 0.5) is 5.82 Å². The van der Waals surface area contributed by atoms with Crippen molar-refractivity contribution in [3.8, 4) is 0 Å². The van der Waals surface area contributed by atoms with Crippen LogP contribution < -0.4 is 4.90 Å². The molecule has 1 aromatic rings. The van der Waals surface area contributed by atoms with Crippen LogP contribution in [0.15, 0.2) is 18.6 Å². The number of piperidine rings is 1. The summed E-state index contributed by atoms with van der Waals surface area (Å²) < 4.78 is 0. The van der Waals surface area contributed by atoms with Gasteiger partial charge in [-0.15, -0.1) is 0 Å². The van der Waals surface area contributed by atoms with Crippen LogP contribution in [-0.4, -0.2) is 47.0 Å². The molecule has 3 aliphatic rings. The Morgan fingerprint density at radius 1 is 1.04 bits per heavy atom. The fourth-order valence-electron chi connectivity index (χ4n) is 4.67. The van der Waals surface area contributed by atoms with Crippen LogP contribution >= 0.6 is 0 Å². The highest BCUT2D eigenvalue weighted by Gasteiger charge is 2.39. The van der Waals surface area contributed by atoms with Crippen molar-refractivity contribution in [1.29, 1.82) is 0 Å². The molecular formula is C18H26N4O. The number of aromatic nitrogens is 2. The second-order valence-corrected chi connectivity index (χ2v) is 7.38. The Labute approximate surface area is 138 Å². The van der Waals surface area contributed by atoms with Gasteiger partial charge in [0.1, 0.15) is 12.1 Å². The summed E-state index contributed by atoms with van der Waals surface area (Å²) in [6.07, 6.45) is 10.7. The van der Waals surface area contributed by atoms with Crippen molar-refractivity contribution < 1.29 is 4.79 Å². The molecule has 2 unspecified atom stereocenters. The summed E-state index contributed by atoms with van der Waals surface area (Å²) in [6.45, 7) is 3.90. The number of nitrogens with zero attached hydrogens (tertiary/aromatic N) is 4. The summed E-state index contributed by atoms with van der Waals surface area (Å²) in [5.41, 5.74) is 0. The third-order valence-corrected chi connectivity index (χ3v) is 6.02. The van der Waals surface area contributed by atoms with Crippen LogP contribution in [-0.2, 0) is 4.79 Å². The molecule has 5 heteroatoms. The van der Waals surface area contributed by atoms with Gasteiger partial charge in [0, 0.05) is 38.3 Å². The minimum Gasteiger partial charge on any atom is -0.356 e. The van der Waals surface area contributed by atoms with E-state index in [1.54, 1.807) is 12.5 Å². The molecule has 0 N–H and O–H groups in total. The zero-order valence-corrected chi connectivity index (χ0v) is 13.7. The lowest BCUT2D eigenvalue weighted by Gasteiger charge is -2.33. The van der Waals surface area contributed by atoms with Crippen molar-refractivity contribution in [3.05, 3.63) is 18.6 Å². The van der Waals surface area contributed by atoms with Crippen LogP contribution in [0.25, 0.3) is 0 Å². The van der Waals surface area contributed by atoms with E-state index in [-0.39, 0.29) is 5.92 Å². The molecular weight excluding hydrogens is 288 g/mol. The third-order valence-electron chi connectivity index (χ3n) is 6.02. The zero-order valence-electron chi connectivity index (χ0n) is 13.7. The summed E-state index contributed by atoms with van der Waals surface area (Å²) in [6, 6.07) is 1.95. The molecule has 1 aliphatic carbocycles. The normalized spacial score (nSPS) is 28.7. The fraction of sp³-hybridized carbons (Fsp3) is 0.722. The van der Waals surface area contributed by atoms with Gasteiger partial charge >= 0.3 is 0 Å². The molecule has 1 amide bonds. The molecule has 0 bridgehead atoms. The first-order valence-electron chi connectivity index (χ1n) is 9.11.